The van der Waals surface area contributed by atoms with E-state index in [1.807, 2.05) is 6.07 Å². The molecule has 0 radical (unpaired) electrons. The van der Waals surface area contributed by atoms with Gasteiger partial charge in [0.1, 0.15) is 0 Å². The monoisotopic (exact) mass is 237 g/mol. The highest BCUT2D eigenvalue weighted by Gasteiger charge is 1.93. The molecule has 0 aliphatic heterocycles. The van der Waals surface area contributed by atoms with Crippen molar-refractivity contribution in [3.8, 4) is 0 Å². The van der Waals surface area contributed by atoms with Crippen LogP contribution in [0.15, 0.2) is 60.7 Å². The zero-order chi connectivity index (χ0) is 12.8. The van der Waals surface area contributed by atoms with Gasteiger partial charge in [0.25, 0.3) is 0 Å². The van der Waals surface area contributed by atoms with Crippen LogP contribution in [0.5, 0.6) is 0 Å². The fourth-order valence-electron chi connectivity index (χ4n) is 1.83. The zero-order valence-electron chi connectivity index (χ0n) is 11.0. The molecule has 0 heterocycles. The Hall–Kier alpha value is -2.02. The van der Waals surface area contributed by atoms with E-state index < -0.39 is 0 Å². The Morgan fingerprint density at radius 1 is 0.889 bits per heavy atom. The van der Waals surface area contributed by atoms with Gasteiger partial charge < -0.3 is 4.90 Å². The number of nitrogens with zero attached hydrogens (tertiary/aromatic N) is 1. The highest BCUT2D eigenvalue weighted by Crippen LogP contribution is 2.13. The zero-order valence-corrected chi connectivity index (χ0v) is 11.0. The Bertz CT molecular complexity index is 495. The van der Waals surface area contributed by atoms with Gasteiger partial charge in [0.05, 0.1) is 0 Å². The first-order valence-electron chi connectivity index (χ1n) is 6.23. The molecule has 1 heteroatoms. The van der Waals surface area contributed by atoms with Crippen LogP contribution in [0.1, 0.15) is 11.1 Å². The van der Waals surface area contributed by atoms with Crippen LogP contribution in [0.3, 0.4) is 0 Å². The summed E-state index contributed by atoms with van der Waals surface area (Å²) >= 11 is 0. The second kappa shape index (κ2) is 6.06. The first kappa shape index (κ1) is 12.4. The lowest BCUT2D eigenvalue weighted by molar-refractivity contribution is 1.13. The highest BCUT2D eigenvalue weighted by atomic mass is 15.1. The van der Waals surface area contributed by atoms with Gasteiger partial charge >= 0.3 is 0 Å². The molecule has 2 rings (SSSR count). The number of hydrogen-bond donors (Lipinski definition) is 0. The molecule has 1 nitrogen and oxygen atoms in total. The number of hydrogen-bond acceptors (Lipinski definition) is 1. The van der Waals surface area contributed by atoms with Crippen molar-refractivity contribution in [2.75, 3.05) is 19.0 Å². The molecular formula is C17H19N. The Balaban J connectivity index is 1.97. The summed E-state index contributed by atoms with van der Waals surface area (Å²) in [6.07, 6.45) is 5.36. The predicted octanol–water partition coefficient (Wildman–Crippen LogP) is 4.01. The third-order valence-corrected chi connectivity index (χ3v) is 2.92. The normalized spacial score (nSPS) is 10.8. The SMILES string of the molecule is CN(C)c1ccc(C=CCc2ccccc2)cc1. The topological polar surface area (TPSA) is 3.24 Å². The minimum atomic E-state index is 0.982. The Morgan fingerprint density at radius 3 is 2.17 bits per heavy atom. The van der Waals surface area contributed by atoms with Crippen molar-refractivity contribution in [2.45, 2.75) is 6.42 Å². The van der Waals surface area contributed by atoms with Gasteiger partial charge in [0, 0.05) is 19.8 Å². The van der Waals surface area contributed by atoms with Crippen molar-refractivity contribution >= 4 is 11.8 Å². The summed E-state index contributed by atoms with van der Waals surface area (Å²) in [7, 11) is 4.11. The van der Waals surface area contributed by atoms with Crippen LogP contribution in [0.4, 0.5) is 5.69 Å². The molecule has 0 saturated heterocycles. The number of allylic oxidation sites excluding steroid dienone is 1. The van der Waals surface area contributed by atoms with Crippen LogP contribution in [0.25, 0.3) is 6.08 Å². The van der Waals surface area contributed by atoms with Gasteiger partial charge in [0.2, 0.25) is 0 Å². The molecule has 0 bridgehead atoms. The van der Waals surface area contributed by atoms with Crippen molar-refractivity contribution in [3.05, 3.63) is 71.8 Å². The van der Waals surface area contributed by atoms with E-state index in [4.69, 9.17) is 0 Å². The molecule has 0 N–H and O–H groups in total. The lowest BCUT2D eigenvalue weighted by Crippen LogP contribution is -2.07. The van der Waals surface area contributed by atoms with Crippen LogP contribution >= 0.6 is 0 Å². The number of anilines is 1. The smallest absolute Gasteiger partial charge is 0.0361 e. The summed E-state index contributed by atoms with van der Waals surface area (Å²) in [5, 5.41) is 0. The predicted molar refractivity (Wildman–Crippen MR) is 79.9 cm³/mol. The lowest BCUT2D eigenvalue weighted by atomic mass is 10.1. The van der Waals surface area contributed by atoms with Crippen molar-refractivity contribution in [1.82, 2.24) is 0 Å². The van der Waals surface area contributed by atoms with Crippen molar-refractivity contribution in [1.29, 1.82) is 0 Å². The number of rotatable bonds is 4. The van der Waals surface area contributed by atoms with E-state index in [0.717, 1.165) is 6.42 Å². The van der Waals surface area contributed by atoms with Gasteiger partial charge in [-0.05, 0) is 29.7 Å². The average Bonchev–Trinajstić information content (AvgIpc) is 2.40. The van der Waals surface area contributed by atoms with Gasteiger partial charge in [-0.2, -0.15) is 0 Å². The molecule has 18 heavy (non-hydrogen) atoms. The summed E-state index contributed by atoms with van der Waals surface area (Å²) in [5.74, 6) is 0. The molecule has 0 fully saturated rings. The van der Waals surface area contributed by atoms with Gasteiger partial charge in [-0.1, -0.05) is 54.6 Å². The van der Waals surface area contributed by atoms with E-state index in [1.54, 1.807) is 0 Å². The molecule has 0 spiro atoms. The average molecular weight is 237 g/mol. The van der Waals surface area contributed by atoms with Crippen molar-refractivity contribution in [3.63, 3.8) is 0 Å². The van der Waals surface area contributed by atoms with Crippen LogP contribution in [0, 0.1) is 0 Å². The molecule has 0 aliphatic carbocycles. The van der Waals surface area contributed by atoms with Crippen molar-refractivity contribution < 1.29 is 0 Å². The summed E-state index contributed by atoms with van der Waals surface area (Å²) < 4.78 is 0. The van der Waals surface area contributed by atoms with E-state index in [9.17, 15) is 0 Å². The van der Waals surface area contributed by atoms with Gasteiger partial charge in [-0.3, -0.25) is 0 Å². The Labute approximate surface area is 109 Å². The van der Waals surface area contributed by atoms with Gasteiger partial charge in [-0.15, -0.1) is 0 Å². The highest BCUT2D eigenvalue weighted by molar-refractivity contribution is 5.55. The molecule has 0 amide bonds. The Morgan fingerprint density at radius 2 is 1.56 bits per heavy atom. The molecule has 0 aliphatic rings. The molecule has 2 aromatic rings. The van der Waals surface area contributed by atoms with Crippen molar-refractivity contribution in [2.24, 2.45) is 0 Å². The molecule has 92 valence electrons. The second-order valence-electron chi connectivity index (χ2n) is 4.58. The maximum absolute atomic E-state index is 2.21. The molecule has 0 aromatic heterocycles. The molecule has 0 unspecified atom stereocenters. The van der Waals surface area contributed by atoms with Gasteiger partial charge in [-0.25, -0.2) is 0 Å². The third-order valence-electron chi connectivity index (χ3n) is 2.92. The van der Waals surface area contributed by atoms with E-state index in [-0.39, 0.29) is 0 Å². The second-order valence-corrected chi connectivity index (χ2v) is 4.58. The molecule has 0 atom stereocenters. The van der Waals surface area contributed by atoms with Gasteiger partial charge in [0.15, 0.2) is 0 Å². The first-order valence-corrected chi connectivity index (χ1v) is 6.23. The standard InChI is InChI=1S/C17H19N/c1-18(2)17-13-11-16(12-14-17)10-6-9-15-7-4-3-5-8-15/h3-8,10-14H,9H2,1-2H3. The fourth-order valence-corrected chi connectivity index (χ4v) is 1.83. The van der Waals surface area contributed by atoms with E-state index >= 15 is 0 Å². The lowest BCUT2D eigenvalue weighted by Gasteiger charge is -2.11. The summed E-state index contributed by atoms with van der Waals surface area (Å²) in [6, 6.07) is 19.1. The minimum absolute atomic E-state index is 0.982. The number of benzene rings is 2. The summed E-state index contributed by atoms with van der Waals surface area (Å²) in [5.41, 5.74) is 3.82. The van der Waals surface area contributed by atoms with E-state index in [2.05, 4.69) is 79.7 Å². The van der Waals surface area contributed by atoms with E-state index in [1.165, 1.54) is 16.8 Å². The van der Waals surface area contributed by atoms with Crippen LogP contribution in [-0.2, 0) is 6.42 Å². The molecule has 0 saturated carbocycles. The summed E-state index contributed by atoms with van der Waals surface area (Å²) in [4.78, 5) is 2.11. The largest absolute Gasteiger partial charge is 0.378 e. The van der Waals surface area contributed by atoms with Crippen LogP contribution in [0.2, 0.25) is 0 Å². The fraction of sp³-hybridized carbons (Fsp3) is 0.176. The Kier molecular flexibility index (Phi) is 4.19. The van der Waals surface area contributed by atoms with E-state index in [0.29, 0.717) is 0 Å². The maximum atomic E-state index is 2.21. The quantitative estimate of drug-likeness (QED) is 0.776. The maximum Gasteiger partial charge on any atom is 0.0361 e. The van der Waals surface area contributed by atoms with Crippen LogP contribution in [-0.4, -0.2) is 14.1 Å². The molecular weight excluding hydrogens is 218 g/mol. The minimum Gasteiger partial charge on any atom is -0.378 e. The third kappa shape index (κ3) is 3.49. The van der Waals surface area contributed by atoms with Crippen LogP contribution < -0.4 is 4.90 Å². The summed E-state index contributed by atoms with van der Waals surface area (Å²) in [6.45, 7) is 0. The first-order chi connectivity index (χ1) is 8.75. The molecule has 2 aromatic carbocycles.